The molecule has 0 aliphatic heterocycles. The van der Waals surface area contributed by atoms with Gasteiger partial charge in [-0.3, -0.25) is 0 Å². The summed E-state index contributed by atoms with van der Waals surface area (Å²) in [5.41, 5.74) is 9.51. The molecule has 1 aromatic carbocycles. The zero-order valence-corrected chi connectivity index (χ0v) is 13.6. The maximum absolute atomic E-state index is 9.47. The molecule has 3 rings (SSSR count). The number of rotatable bonds is 3. The van der Waals surface area contributed by atoms with Crippen molar-refractivity contribution >= 4 is 5.82 Å². The molecule has 25 heavy (non-hydrogen) atoms. The molecule has 0 saturated carbocycles. The third-order valence-electron chi connectivity index (χ3n) is 3.99. The molecule has 0 atom stereocenters. The second-order valence-corrected chi connectivity index (χ2v) is 5.49. The first-order chi connectivity index (χ1) is 12.1. The van der Waals surface area contributed by atoms with E-state index >= 15 is 0 Å². The van der Waals surface area contributed by atoms with Gasteiger partial charge in [0.2, 0.25) is 0 Å². The van der Waals surface area contributed by atoms with E-state index < -0.39 is 0 Å². The average molecular weight is 329 g/mol. The van der Waals surface area contributed by atoms with E-state index in [2.05, 4.69) is 17.1 Å². The first-order valence-corrected chi connectivity index (χ1v) is 7.68. The van der Waals surface area contributed by atoms with Crippen LogP contribution in [0.5, 0.6) is 5.75 Å². The van der Waals surface area contributed by atoms with Crippen LogP contribution in [0.1, 0.15) is 18.2 Å². The Morgan fingerprint density at radius 1 is 1.12 bits per heavy atom. The number of phenolic OH excluding ortho intramolecular Hbond substituents is 1. The van der Waals surface area contributed by atoms with E-state index in [1.165, 1.54) is 0 Å². The number of nitrogen functional groups attached to an aromatic ring is 1. The van der Waals surface area contributed by atoms with Crippen molar-refractivity contribution < 1.29 is 5.11 Å². The molecule has 3 aromatic rings. The molecule has 2 heterocycles. The first-order valence-electron chi connectivity index (χ1n) is 7.68. The summed E-state index contributed by atoms with van der Waals surface area (Å²) in [5, 5.41) is 28.2. The van der Waals surface area contributed by atoms with Crippen LogP contribution in [-0.4, -0.2) is 14.7 Å². The van der Waals surface area contributed by atoms with Crippen molar-refractivity contribution in [2.45, 2.75) is 13.5 Å². The van der Waals surface area contributed by atoms with E-state index in [-0.39, 0.29) is 17.1 Å². The number of benzene rings is 1. The number of aromatic nitrogens is 2. The maximum atomic E-state index is 9.47. The van der Waals surface area contributed by atoms with Crippen LogP contribution >= 0.6 is 0 Å². The lowest BCUT2D eigenvalue weighted by molar-refractivity contribution is 0.475. The van der Waals surface area contributed by atoms with Gasteiger partial charge in [0.25, 0.3) is 0 Å². The second kappa shape index (κ2) is 6.38. The van der Waals surface area contributed by atoms with Crippen molar-refractivity contribution in [3.8, 4) is 40.3 Å². The molecule has 0 aliphatic carbocycles. The van der Waals surface area contributed by atoms with Crippen LogP contribution < -0.4 is 5.73 Å². The lowest BCUT2D eigenvalue weighted by Crippen LogP contribution is -1.99. The lowest BCUT2D eigenvalue weighted by atomic mass is 10.0. The standard InChI is InChI=1S/C19H15N5O/c1-2-24-11-13(7-14(24)9-20)16-8-18(23-19(22)17(16)10-21)12-3-5-15(25)6-4-12/h3-8,11,25H,2H2,1H3,(H2,22,23). The number of nitriles is 2. The molecule has 6 heteroatoms. The largest absolute Gasteiger partial charge is 0.508 e. The van der Waals surface area contributed by atoms with Gasteiger partial charge in [-0.15, -0.1) is 0 Å². The average Bonchev–Trinajstić information content (AvgIpc) is 3.05. The minimum Gasteiger partial charge on any atom is -0.508 e. The van der Waals surface area contributed by atoms with Crippen LogP contribution in [0.3, 0.4) is 0 Å². The Balaban J connectivity index is 2.22. The van der Waals surface area contributed by atoms with Crippen molar-refractivity contribution in [1.82, 2.24) is 9.55 Å². The van der Waals surface area contributed by atoms with E-state index in [4.69, 9.17) is 5.73 Å². The number of pyridine rings is 1. The molecule has 6 nitrogen and oxygen atoms in total. The number of aromatic hydroxyl groups is 1. The number of hydrogen-bond acceptors (Lipinski definition) is 5. The predicted molar refractivity (Wildman–Crippen MR) is 94.3 cm³/mol. The SMILES string of the molecule is CCn1cc(-c2cc(-c3ccc(O)cc3)nc(N)c2C#N)cc1C#N. The van der Waals surface area contributed by atoms with Crippen LogP contribution in [0.25, 0.3) is 22.4 Å². The highest BCUT2D eigenvalue weighted by atomic mass is 16.3. The number of anilines is 1. The Kier molecular flexibility index (Phi) is 4.11. The molecule has 0 aliphatic rings. The van der Waals surface area contributed by atoms with Crippen LogP contribution in [0.4, 0.5) is 5.82 Å². The van der Waals surface area contributed by atoms with Crippen molar-refractivity contribution in [3.63, 3.8) is 0 Å². The van der Waals surface area contributed by atoms with Gasteiger partial charge >= 0.3 is 0 Å². The van der Waals surface area contributed by atoms with E-state index in [1.807, 2.05) is 17.7 Å². The van der Waals surface area contributed by atoms with E-state index in [0.717, 1.165) is 11.1 Å². The number of nitrogens with zero attached hydrogens (tertiary/aromatic N) is 4. The van der Waals surface area contributed by atoms with Crippen LogP contribution in [-0.2, 0) is 6.54 Å². The van der Waals surface area contributed by atoms with Crippen LogP contribution in [0, 0.1) is 22.7 Å². The molecule has 2 aromatic heterocycles. The maximum Gasteiger partial charge on any atom is 0.142 e. The van der Waals surface area contributed by atoms with Crippen LogP contribution in [0.2, 0.25) is 0 Å². The van der Waals surface area contributed by atoms with Gasteiger partial charge in [-0.2, -0.15) is 10.5 Å². The molecule has 3 N–H and O–H groups in total. The van der Waals surface area contributed by atoms with E-state index in [1.54, 1.807) is 36.4 Å². The summed E-state index contributed by atoms with van der Waals surface area (Å²) in [6, 6.07) is 14.3. The summed E-state index contributed by atoms with van der Waals surface area (Å²) < 4.78 is 1.81. The fraction of sp³-hybridized carbons (Fsp3) is 0.105. The molecular weight excluding hydrogens is 314 g/mol. The Bertz CT molecular complexity index is 1020. The normalized spacial score (nSPS) is 10.2. The van der Waals surface area contributed by atoms with Gasteiger partial charge in [0.15, 0.2) is 0 Å². The van der Waals surface area contributed by atoms with E-state index in [0.29, 0.717) is 23.5 Å². The molecule has 0 radical (unpaired) electrons. The van der Waals surface area contributed by atoms with Gasteiger partial charge in [-0.05, 0) is 43.3 Å². The summed E-state index contributed by atoms with van der Waals surface area (Å²) in [7, 11) is 0. The highest BCUT2D eigenvalue weighted by molar-refractivity contribution is 5.80. The summed E-state index contributed by atoms with van der Waals surface area (Å²) in [6.07, 6.45) is 1.83. The lowest BCUT2D eigenvalue weighted by Gasteiger charge is -2.09. The molecule has 0 saturated heterocycles. The number of aryl methyl sites for hydroxylation is 1. The number of nitrogens with two attached hydrogens (primary N) is 1. The van der Waals surface area contributed by atoms with Crippen molar-refractivity contribution in [2.75, 3.05) is 5.73 Å². The molecule has 0 unspecified atom stereocenters. The highest BCUT2D eigenvalue weighted by Crippen LogP contribution is 2.32. The molecule has 0 fully saturated rings. The smallest absolute Gasteiger partial charge is 0.142 e. The molecule has 0 spiro atoms. The Morgan fingerprint density at radius 2 is 1.84 bits per heavy atom. The minimum absolute atomic E-state index is 0.130. The van der Waals surface area contributed by atoms with E-state index in [9.17, 15) is 15.6 Å². The minimum atomic E-state index is 0.130. The monoisotopic (exact) mass is 329 g/mol. The summed E-state index contributed by atoms with van der Waals surface area (Å²) in [5.74, 6) is 0.287. The summed E-state index contributed by atoms with van der Waals surface area (Å²) in [6.45, 7) is 2.59. The number of hydrogen-bond donors (Lipinski definition) is 2. The first kappa shape index (κ1) is 16.1. The number of phenols is 1. The molecule has 0 bridgehead atoms. The van der Waals surface area contributed by atoms with Gasteiger partial charge in [0.1, 0.15) is 35.0 Å². The third kappa shape index (κ3) is 2.89. The van der Waals surface area contributed by atoms with Crippen molar-refractivity contribution in [1.29, 1.82) is 10.5 Å². The molecular formula is C19H15N5O. The zero-order valence-electron chi connectivity index (χ0n) is 13.6. The van der Waals surface area contributed by atoms with Gasteiger partial charge in [-0.1, -0.05) is 0 Å². The summed E-state index contributed by atoms with van der Waals surface area (Å²) >= 11 is 0. The van der Waals surface area contributed by atoms with Gasteiger partial charge < -0.3 is 15.4 Å². The van der Waals surface area contributed by atoms with Crippen molar-refractivity contribution in [2.24, 2.45) is 0 Å². The van der Waals surface area contributed by atoms with Crippen molar-refractivity contribution in [3.05, 3.63) is 53.9 Å². The quantitative estimate of drug-likeness (QED) is 0.766. The Hall–Kier alpha value is -3.77. The van der Waals surface area contributed by atoms with Gasteiger partial charge in [0, 0.05) is 29.4 Å². The third-order valence-corrected chi connectivity index (χ3v) is 3.99. The highest BCUT2D eigenvalue weighted by Gasteiger charge is 2.16. The zero-order chi connectivity index (χ0) is 18.0. The predicted octanol–water partition coefficient (Wildman–Crippen LogP) is 3.27. The topological polar surface area (TPSA) is 112 Å². The van der Waals surface area contributed by atoms with Gasteiger partial charge in [-0.25, -0.2) is 4.98 Å². The summed E-state index contributed by atoms with van der Waals surface area (Å²) in [4.78, 5) is 4.30. The van der Waals surface area contributed by atoms with Gasteiger partial charge in [0.05, 0.1) is 5.69 Å². The Labute approximate surface area is 145 Å². The second-order valence-electron chi connectivity index (χ2n) is 5.49. The molecule has 0 amide bonds. The Morgan fingerprint density at radius 3 is 2.40 bits per heavy atom. The fourth-order valence-electron chi connectivity index (χ4n) is 2.70. The van der Waals surface area contributed by atoms with Crippen LogP contribution in [0.15, 0.2) is 42.6 Å². The molecule has 122 valence electrons. The fourth-order valence-corrected chi connectivity index (χ4v) is 2.70.